The van der Waals surface area contributed by atoms with Gasteiger partial charge in [0.1, 0.15) is 0 Å². The van der Waals surface area contributed by atoms with Crippen LogP contribution >= 0.6 is 22.9 Å². The lowest BCUT2D eigenvalue weighted by molar-refractivity contribution is 0.0785. The molecule has 176 valence electrons. The van der Waals surface area contributed by atoms with Crippen molar-refractivity contribution in [3.63, 3.8) is 0 Å². The lowest BCUT2D eigenvalue weighted by Gasteiger charge is -2.19. The number of nitrogens with zero attached hydrogens (tertiary/aromatic N) is 1. The Bertz CT molecular complexity index is 1470. The van der Waals surface area contributed by atoms with E-state index in [0.717, 1.165) is 37.3 Å². The Morgan fingerprint density at radius 1 is 1.12 bits per heavy atom. The van der Waals surface area contributed by atoms with E-state index >= 15 is 0 Å². The molecule has 0 amide bonds. The molecule has 0 radical (unpaired) electrons. The van der Waals surface area contributed by atoms with Crippen LogP contribution in [0.4, 0.5) is 0 Å². The molecule has 0 aliphatic heterocycles. The first-order valence-corrected chi connectivity index (χ1v) is 13.8. The van der Waals surface area contributed by atoms with Crippen molar-refractivity contribution < 1.29 is 13.5 Å². The molecule has 1 atom stereocenters. The van der Waals surface area contributed by atoms with Gasteiger partial charge in [-0.3, -0.25) is 4.98 Å². The van der Waals surface area contributed by atoms with Crippen molar-refractivity contribution in [2.45, 2.75) is 43.6 Å². The van der Waals surface area contributed by atoms with Crippen LogP contribution in [-0.2, 0) is 15.6 Å². The highest BCUT2D eigenvalue weighted by atomic mass is 35.5. The molecule has 5 rings (SSSR count). The molecule has 2 aromatic heterocycles. The van der Waals surface area contributed by atoms with Crippen LogP contribution in [-0.4, -0.2) is 23.8 Å². The fourth-order valence-corrected chi connectivity index (χ4v) is 7.11. The van der Waals surface area contributed by atoms with Gasteiger partial charge >= 0.3 is 0 Å². The van der Waals surface area contributed by atoms with Crippen molar-refractivity contribution in [1.29, 1.82) is 0 Å². The minimum atomic E-state index is -3.46. The Kier molecular flexibility index (Phi) is 6.02. The number of halogens is 1. The second kappa shape index (κ2) is 8.73. The van der Waals surface area contributed by atoms with Crippen LogP contribution in [0.25, 0.3) is 21.3 Å². The topological polar surface area (TPSA) is 79.3 Å². The first-order chi connectivity index (χ1) is 16.1. The lowest BCUT2D eigenvalue weighted by atomic mass is 9.97. The maximum absolute atomic E-state index is 12.9. The Hall–Kier alpha value is -2.29. The fraction of sp³-hybridized carbons (Fsp3) is 0.269. The summed E-state index contributed by atoms with van der Waals surface area (Å²) in [5, 5.41) is 11.6. The summed E-state index contributed by atoms with van der Waals surface area (Å²) in [5.74, 6) is 0. The maximum atomic E-state index is 12.9. The van der Waals surface area contributed by atoms with E-state index in [1.165, 1.54) is 11.3 Å². The number of hydrogen-bond acceptors (Lipinski definition) is 5. The molecule has 34 heavy (non-hydrogen) atoms. The molecule has 0 spiro atoms. The number of hydrogen-bond donors (Lipinski definition) is 2. The van der Waals surface area contributed by atoms with Crippen molar-refractivity contribution >= 4 is 43.0 Å². The van der Waals surface area contributed by atoms with Crippen LogP contribution in [0.3, 0.4) is 0 Å². The SMILES string of the molecule is CC(C)(O)c1ccnc(-c2cccc3cc(C(NS(=O)(=O)C4CC4)c4ccccc4Cl)sc23)c1. The largest absolute Gasteiger partial charge is 0.386 e. The minimum Gasteiger partial charge on any atom is -0.386 e. The van der Waals surface area contributed by atoms with Gasteiger partial charge in [-0.15, -0.1) is 11.3 Å². The van der Waals surface area contributed by atoms with Crippen molar-refractivity contribution in [1.82, 2.24) is 9.71 Å². The zero-order valence-corrected chi connectivity index (χ0v) is 21.2. The van der Waals surface area contributed by atoms with E-state index in [4.69, 9.17) is 11.6 Å². The number of aliphatic hydroxyl groups is 1. The third-order valence-corrected chi connectivity index (χ3v) is 9.56. The van der Waals surface area contributed by atoms with E-state index in [2.05, 4.69) is 9.71 Å². The molecule has 1 saturated carbocycles. The number of thiophene rings is 1. The van der Waals surface area contributed by atoms with Crippen molar-refractivity contribution in [2.75, 3.05) is 0 Å². The number of fused-ring (bicyclic) bond motifs is 1. The van der Waals surface area contributed by atoms with Gasteiger partial charge in [0.2, 0.25) is 10.0 Å². The number of sulfonamides is 1. The number of nitrogens with one attached hydrogen (secondary N) is 1. The third-order valence-electron chi connectivity index (χ3n) is 6.05. The number of rotatable bonds is 7. The second-order valence-corrected chi connectivity index (χ2v) is 12.7. The Labute approximate surface area is 208 Å². The zero-order valence-electron chi connectivity index (χ0n) is 18.8. The second-order valence-electron chi connectivity index (χ2n) is 9.18. The molecule has 2 heterocycles. The summed E-state index contributed by atoms with van der Waals surface area (Å²) in [6, 6.07) is 18.5. The van der Waals surface area contributed by atoms with Gasteiger partial charge in [0.15, 0.2) is 0 Å². The molecule has 1 fully saturated rings. The van der Waals surface area contributed by atoms with E-state index in [1.807, 2.05) is 54.6 Å². The van der Waals surface area contributed by atoms with Gasteiger partial charge in [0.25, 0.3) is 0 Å². The highest BCUT2D eigenvalue weighted by molar-refractivity contribution is 7.90. The molecule has 8 heteroatoms. The van der Waals surface area contributed by atoms with Gasteiger partial charge in [-0.25, -0.2) is 13.1 Å². The van der Waals surface area contributed by atoms with Gasteiger partial charge in [-0.1, -0.05) is 48.0 Å². The summed E-state index contributed by atoms with van der Waals surface area (Å²) in [5.41, 5.74) is 2.21. The maximum Gasteiger partial charge on any atom is 0.215 e. The van der Waals surface area contributed by atoms with Gasteiger partial charge in [0.05, 0.1) is 22.6 Å². The minimum absolute atomic E-state index is 0.337. The summed E-state index contributed by atoms with van der Waals surface area (Å²) in [6.45, 7) is 3.49. The molecule has 4 aromatic rings. The zero-order chi connectivity index (χ0) is 24.1. The van der Waals surface area contributed by atoms with Crippen molar-refractivity contribution in [3.8, 4) is 11.3 Å². The normalized spacial score (nSPS) is 15.5. The van der Waals surface area contributed by atoms with E-state index in [-0.39, 0.29) is 5.25 Å². The average Bonchev–Trinajstić information content (AvgIpc) is 3.57. The molecule has 1 aliphatic rings. The predicted octanol–water partition coefficient (Wildman–Crippen LogP) is 6.02. The van der Waals surface area contributed by atoms with E-state index in [9.17, 15) is 13.5 Å². The van der Waals surface area contributed by atoms with Crippen LogP contribution in [0.1, 0.15) is 48.7 Å². The average molecular weight is 513 g/mol. The monoisotopic (exact) mass is 512 g/mol. The lowest BCUT2D eigenvalue weighted by Crippen LogP contribution is -2.31. The van der Waals surface area contributed by atoms with E-state index in [0.29, 0.717) is 17.9 Å². The summed E-state index contributed by atoms with van der Waals surface area (Å²) < 4.78 is 29.8. The molecule has 1 unspecified atom stereocenters. The molecule has 0 bridgehead atoms. The Morgan fingerprint density at radius 3 is 2.59 bits per heavy atom. The molecular formula is C26H25ClN2O3S2. The molecule has 2 N–H and O–H groups in total. The molecule has 0 saturated heterocycles. The summed E-state index contributed by atoms with van der Waals surface area (Å²) in [7, 11) is -3.46. The standard InChI is InChI=1S/C26H25ClN2O3S2/c1-26(2,30)17-12-13-28-22(15-17)20-8-5-6-16-14-23(33-25(16)20)24(19-7-3-4-9-21(19)27)29-34(31,32)18-10-11-18/h3-9,12-15,18,24,29-30H,10-11H2,1-2H3. The Balaban J connectivity index is 1.63. The van der Waals surface area contributed by atoms with Gasteiger partial charge < -0.3 is 5.11 Å². The van der Waals surface area contributed by atoms with Crippen molar-refractivity contribution in [2.24, 2.45) is 0 Å². The van der Waals surface area contributed by atoms with Gasteiger partial charge in [-0.05, 0) is 67.5 Å². The smallest absolute Gasteiger partial charge is 0.215 e. The van der Waals surface area contributed by atoms with E-state index in [1.54, 1.807) is 26.1 Å². The summed E-state index contributed by atoms with van der Waals surface area (Å²) in [6.07, 6.45) is 3.07. The number of benzene rings is 2. The first-order valence-electron chi connectivity index (χ1n) is 11.1. The van der Waals surface area contributed by atoms with Crippen LogP contribution in [0, 0.1) is 0 Å². The van der Waals surface area contributed by atoms with Gasteiger partial charge in [-0.2, -0.15) is 0 Å². The van der Waals surface area contributed by atoms with Gasteiger partial charge in [0, 0.05) is 26.4 Å². The Morgan fingerprint density at radius 2 is 1.88 bits per heavy atom. The highest BCUT2D eigenvalue weighted by Gasteiger charge is 2.38. The molecule has 1 aliphatic carbocycles. The molecule has 5 nitrogen and oxygen atoms in total. The quantitative estimate of drug-likeness (QED) is 0.317. The molecule has 2 aromatic carbocycles. The van der Waals surface area contributed by atoms with Crippen LogP contribution in [0.15, 0.2) is 66.9 Å². The fourth-order valence-electron chi connectivity index (χ4n) is 4.01. The number of pyridine rings is 1. The predicted molar refractivity (Wildman–Crippen MR) is 139 cm³/mol. The third kappa shape index (κ3) is 4.63. The van der Waals surface area contributed by atoms with Crippen LogP contribution in [0.5, 0.6) is 0 Å². The van der Waals surface area contributed by atoms with E-state index < -0.39 is 21.7 Å². The first kappa shape index (κ1) is 23.5. The summed E-state index contributed by atoms with van der Waals surface area (Å²) in [4.78, 5) is 5.41. The number of aromatic nitrogens is 1. The summed E-state index contributed by atoms with van der Waals surface area (Å²) >= 11 is 8.04. The molecular weight excluding hydrogens is 488 g/mol. The van der Waals surface area contributed by atoms with Crippen molar-refractivity contribution in [3.05, 3.63) is 87.9 Å². The van der Waals surface area contributed by atoms with Crippen LogP contribution < -0.4 is 4.72 Å². The highest BCUT2D eigenvalue weighted by Crippen LogP contribution is 2.41. The van der Waals surface area contributed by atoms with Crippen LogP contribution in [0.2, 0.25) is 5.02 Å².